The quantitative estimate of drug-likeness (QED) is 0.609. The maximum Gasteiger partial charge on any atom is 0.331 e. The number of hydrogen-bond acceptors (Lipinski definition) is 3. The van der Waals surface area contributed by atoms with Crippen LogP contribution in [-0.4, -0.2) is 27.9 Å². The molecule has 0 saturated heterocycles. The molecule has 0 radical (unpaired) electrons. The minimum Gasteiger partial charge on any atom is -0.478 e. The fraction of sp³-hybridized carbons (Fsp3) is 0.0952. The van der Waals surface area contributed by atoms with Gasteiger partial charge in [-0.25, -0.2) is 9.59 Å². The maximum absolute atomic E-state index is 12.8. The van der Waals surface area contributed by atoms with Crippen LogP contribution in [0.4, 0.5) is 0 Å². The van der Waals surface area contributed by atoms with E-state index in [-0.39, 0.29) is 16.9 Å². The van der Waals surface area contributed by atoms with Gasteiger partial charge < -0.3 is 10.2 Å². The summed E-state index contributed by atoms with van der Waals surface area (Å²) in [7, 11) is 0. The predicted octanol–water partition coefficient (Wildman–Crippen LogP) is 3.89. The van der Waals surface area contributed by atoms with Gasteiger partial charge in [0.2, 0.25) is 0 Å². The predicted molar refractivity (Wildman–Crippen MR) is 98.9 cm³/mol. The van der Waals surface area contributed by atoms with Gasteiger partial charge in [0.05, 0.1) is 0 Å². The Morgan fingerprint density at radius 1 is 0.769 bits per heavy atom. The van der Waals surface area contributed by atoms with Crippen molar-refractivity contribution >= 4 is 29.9 Å². The number of hydrogen-bond donors (Lipinski definition) is 2. The zero-order valence-corrected chi connectivity index (χ0v) is 14.4. The average molecular weight is 350 g/mol. The lowest BCUT2D eigenvalue weighted by Gasteiger charge is -2.07. The number of carboxylic acids is 2. The van der Waals surface area contributed by atoms with Gasteiger partial charge in [-0.15, -0.1) is 0 Å². The number of benzene rings is 2. The lowest BCUT2D eigenvalue weighted by Crippen LogP contribution is -2.04. The Hall–Kier alpha value is -3.47. The summed E-state index contributed by atoms with van der Waals surface area (Å²) in [5, 5.41) is 17.9. The van der Waals surface area contributed by atoms with E-state index in [1.165, 1.54) is 26.0 Å². The Morgan fingerprint density at radius 3 is 1.88 bits per heavy atom. The van der Waals surface area contributed by atoms with Crippen LogP contribution in [-0.2, 0) is 9.59 Å². The summed E-state index contributed by atoms with van der Waals surface area (Å²) < 4.78 is 0. The van der Waals surface area contributed by atoms with Crippen LogP contribution >= 0.6 is 0 Å². The molecule has 0 aliphatic carbocycles. The molecule has 5 nitrogen and oxygen atoms in total. The van der Waals surface area contributed by atoms with Crippen molar-refractivity contribution in [1.29, 1.82) is 0 Å². The molecule has 2 aromatic rings. The van der Waals surface area contributed by atoms with Gasteiger partial charge in [-0.1, -0.05) is 48.5 Å². The largest absolute Gasteiger partial charge is 0.478 e. The van der Waals surface area contributed by atoms with Crippen molar-refractivity contribution in [2.75, 3.05) is 0 Å². The first-order chi connectivity index (χ1) is 12.3. The van der Waals surface area contributed by atoms with Crippen LogP contribution in [0.25, 0.3) is 12.2 Å². The molecule has 2 aromatic carbocycles. The van der Waals surface area contributed by atoms with Gasteiger partial charge in [-0.05, 0) is 37.1 Å². The molecule has 0 aromatic heterocycles. The Balaban J connectivity index is 2.36. The number of carbonyl (C=O) groups is 3. The monoisotopic (exact) mass is 350 g/mol. The van der Waals surface area contributed by atoms with E-state index in [1.807, 2.05) is 0 Å². The molecule has 2 N–H and O–H groups in total. The van der Waals surface area contributed by atoms with Crippen LogP contribution < -0.4 is 0 Å². The van der Waals surface area contributed by atoms with Gasteiger partial charge >= 0.3 is 11.9 Å². The van der Waals surface area contributed by atoms with Crippen molar-refractivity contribution in [2.45, 2.75) is 13.8 Å². The summed E-state index contributed by atoms with van der Waals surface area (Å²) in [6.07, 6.45) is 2.98. The van der Waals surface area contributed by atoms with E-state index in [9.17, 15) is 14.4 Å². The SMILES string of the molecule is CC(=Cc1ccc(C(=O)c2ccccc2C=C(C)C(=O)O)cc1)C(=O)O. The zero-order valence-electron chi connectivity index (χ0n) is 14.4. The number of rotatable bonds is 6. The van der Waals surface area contributed by atoms with Crippen LogP contribution in [0.1, 0.15) is 40.9 Å². The van der Waals surface area contributed by atoms with Crippen molar-refractivity contribution < 1.29 is 24.6 Å². The molecule has 0 aliphatic rings. The molecule has 0 saturated carbocycles. The topological polar surface area (TPSA) is 91.7 Å². The molecule has 2 rings (SSSR count). The normalized spacial score (nSPS) is 11.9. The third-order valence-electron chi connectivity index (χ3n) is 3.81. The van der Waals surface area contributed by atoms with Crippen molar-refractivity contribution in [1.82, 2.24) is 0 Å². The highest BCUT2D eigenvalue weighted by atomic mass is 16.4. The van der Waals surface area contributed by atoms with Crippen molar-refractivity contribution in [3.8, 4) is 0 Å². The summed E-state index contributed by atoms with van der Waals surface area (Å²) in [5.41, 5.74) is 2.38. The van der Waals surface area contributed by atoms with E-state index in [0.29, 0.717) is 22.3 Å². The first-order valence-corrected chi connectivity index (χ1v) is 7.86. The smallest absolute Gasteiger partial charge is 0.331 e. The van der Waals surface area contributed by atoms with E-state index in [2.05, 4.69) is 0 Å². The van der Waals surface area contributed by atoms with Crippen molar-refractivity contribution in [2.24, 2.45) is 0 Å². The van der Waals surface area contributed by atoms with Crippen LogP contribution in [0, 0.1) is 0 Å². The second-order valence-corrected chi connectivity index (χ2v) is 5.80. The average Bonchev–Trinajstić information content (AvgIpc) is 2.62. The first kappa shape index (κ1) is 18.9. The molecule has 5 heteroatoms. The molecule has 132 valence electrons. The highest BCUT2D eigenvalue weighted by Crippen LogP contribution is 2.19. The van der Waals surface area contributed by atoms with Gasteiger partial charge in [0, 0.05) is 22.3 Å². The molecule has 26 heavy (non-hydrogen) atoms. The number of carboxylic acid groups (broad SMARTS) is 2. The fourth-order valence-electron chi connectivity index (χ4n) is 2.32. The lowest BCUT2D eigenvalue weighted by atomic mass is 9.96. The summed E-state index contributed by atoms with van der Waals surface area (Å²) in [6, 6.07) is 13.4. The molecule has 0 amide bonds. The molecule has 0 bridgehead atoms. The Labute approximate surface area is 150 Å². The minimum atomic E-state index is -1.04. The van der Waals surface area contributed by atoms with Gasteiger partial charge in [0.15, 0.2) is 5.78 Å². The summed E-state index contributed by atoms with van der Waals surface area (Å²) in [6.45, 7) is 2.96. The Kier molecular flexibility index (Phi) is 5.86. The second kappa shape index (κ2) is 8.07. The second-order valence-electron chi connectivity index (χ2n) is 5.80. The lowest BCUT2D eigenvalue weighted by molar-refractivity contribution is -0.133. The third kappa shape index (κ3) is 4.54. The van der Waals surface area contributed by atoms with Crippen LogP contribution in [0.2, 0.25) is 0 Å². The Bertz CT molecular complexity index is 918. The van der Waals surface area contributed by atoms with E-state index in [0.717, 1.165) is 0 Å². The van der Waals surface area contributed by atoms with Crippen molar-refractivity contribution in [3.05, 3.63) is 81.9 Å². The highest BCUT2D eigenvalue weighted by molar-refractivity contribution is 6.11. The summed E-state index contributed by atoms with van der Waals surface area (Å²) in [4.78, 5) is 34.7. The third-order valence-corrected chi connectivity index (χ3v) is 3.81. The number of carbonyl (C=O) groups excluding carboxylic acids is 1. The van der Waals surface area contributed by atoms with Crippen molar-refractivity contribution in [3.63, 3.8) is 0 Å². The van der Waals surface area contributed by atoms with Crippen LogP contribution in [0.3, 0.4) is 0 Å². The van der Waals surface area contributed by atoms with E-state index in [4.69, 9.17) is 10.2 Å². The van der Waals surface area contributed by atoms with E-state index >= 15 is 0 Å². The summed E-state index contributed by atoms with van der Waals surface area (Å²) >= 11 is 0. The minimum absolute atomic E-state index is 0.134. The molecular formula is C21H18O5. The maximum atomic E-state index is 12.8. The standard InChI is InChI=1S/C21H18O5/c1-13(20(23)24)11-15-7-9-16(10-8-15)19(22)18-6-4-3-5-17(18)12-14(2)21(25)26/h3-12H,1-2H3,(H,23,24)(H,25,26). The molecule has 0 fully saturated rings. The molecule has 0 aliphatic heterocycles. The Morgan fingerprint density at radius 2 is 1.31 bits per heavy atom. The first-order valence-electron chi connectivity index (χ1n) is 7.86. The van der Waals surface area contributed by atoms with Gasteiger partial charge in [0.25, 0.3) is 0 Å². The molecular weight excluding hydrogens is 332 g/mol. The fourth-order valence-corrected chi connectivity index (χ4v) is 2.32. The van der Waals surface area contributed by atoms with E-state index < -0.39 is 11.9 Å². The summed E-state index contributed by atoms with van der Waals surface area (Å²) in [5.74, 6) is -2.28. The molecule has 0 spiro atoms. The zero-order chi connectivity index (χ0) is 19.3. The van der Waals surface area contributed by atoms with Gasteiger partial charge in [-0.2, -0.15) is 0 Å². The number of ketones is 1. The van der Waals surface area contributed by atoms with Gasteiger partial charge in [0.1, 0.15) is 0 Å². The molecule has 0 atom stereocenters. The molecule has 0 unspecified atom stereocenters. The van der Waals surface area contributed by atoms with E-state index in [1.54, 1.807) is 48.5 Å². The molecule has 0 heterocycles. The highest BCUT2D eigenvalue weighted by Gasteiger charge is 2.13. The number of aliphatic carboxylic acids is 2. The van der Waals surface area contributed by atoms with Crippen LogP contribution in [0.5, 0.6) is 0 Å². The van der Waals surface area contributed by atoms with Gasteiger partial charge in [-0.3, -0.25) is 4.79 Å². The van der Waals surface area contributed by atoms with Crippen LogP contribution in [0.15, 0.2) is 59.7 Å².